The zero-order chi connectivity index (χ0) is 13.7. The van der Waals surface area contributed by atoms with Crippen molar-refractivity contribution in [3.63, 3.8) is 0 Å². The first kappa shape index (κ1) is 14.5. The van der Waals surface area contributed by atoms with E-state index >= 15 is 0 Å². The van der Waals surface area contributed by atoms with Crippen LogP contribution in [0.1, 0.15) is 62.7 Å². The maximum Gasteiger partial charge on any atom is 0.110 e. The third kappa shape index (κ3) is 3.15. The van der Waals surface area contributed by atoms with Crippen LogP contribution in [0.15, 0.2) is 18.5 Å². The summed E-state index contributed by atoms with van der Waals surface area (Å²) >= 11 is 0. The highest BCUT2D eigenvalue weighted by Crippen LogP contribution is 2.41. The van der Waals surface area contributed by atoms with Crippen molar-refractivity contribution in [2.24, 2.45) is 0 Å². The first-order valence-electron chi connectivity index (χ1n) is 7.42. The van der Waals surface area contributed by atoms with Crippen molar-refractivity contribution in [3.8, 4) is 0 Å². The van der Waals surface area contributed by atoms with Gasteiger partial charge < -0.3 is 9.84 Å². The standard InChI is InChI=1S/C16H25NO2/c1-3-19-16(9-6-4-5-7-10-16)15(18)14-12-17-11-8-13(14)2/h8,11-12,15,18H,3-7,9-10H2,1-2H3. The molecule has 3 nitrogen and oxygen atoms in total. The number of rotatable bonds is 4. The number of pyridine rings is 1. The summed E-state index contributed by atoms with van der Waals surface area (Å²) in [6.45, 7) is 4.68. The molecular weight excluding hydrogens is 238 g/mol. The van der Waals surface area contributed by atoms with Crippen LogP contribution in [-0.2, 0) is 4.74 Å². The maximum atomic E-state index is 10.9. The molecule has 0 saturated heterocycles. The number of ether oxygens (including phenoxy) is 1. The van der Waals surface area contributed by atoms with E-state index in [1.807, 2.05) is 19.9 Å². The predicted molar refractivity (Wildman–Crippen MR) is 76.0 cm³/mol. The Bertz CT molecular complexity index is 397. The van der Waals surface area contributed by atoms with Crippen molar-refractivity contribution < 1.29 is 9.84 Å². The van der Waals surface area contributed by atoms with Crippen LogP contribution >= 0.6 is 0 Å². The molecular formula is C16H25NO2. The van der Waals surface area contributed by atoms with Gasteiger partial charge in [-0.1, -0.05) is 25.7 Å². The summed E-state index contributed by atoms with van der Waals surface area (Å²) in [5.41, 5.74) is 1.59. The number of aromatic nitrogens is 1. The van der Waals surface area contributed by atoms with Gasteiger partial charge in [-0.2, -0.15) is 0 Å². The Kier molecular flexibility index (Phi) is 4.94. The van der Waals surface area contributed by atoms with Gasteiger partial charge in [0.25, 0.3) is 0 Å². The molecule has 0 aliphatic heterocycles. The fourth-order valence-electron chi connectivity index (χ4n) is 3.16. The average molecular weight is 263 g/mol. The Labute approximate surface area is 116 Å². The Morgan fingerprint density at radius 2 is 2.00 bits per heavy atom. The molecule has 1 aliphatic rings. The van der Waals surface area contributed by atoms with Gasteiger partial charge in [0.15, 0.2) is 0 Å². The third-order valence-electron chi connectivity index (χ3n) is 4.25. The van der Waals surface area contributed by atoms with Gasteiger partial charge in [-0.15, -0.1) is 0 Å². The van der Waals surface area contributed by atoms with Crippen molar-refractivity contribution >= 4 is 0 Å². The fourth-order valence-corrected chi connectivity index (χ4v) is 3.16. The zero-order valence-corrected chi connectivity index (χ0v) is 12.1. The molecule has 3 heteroatoms. The summed E-state index contributed by atoms with van der Waals surface area (Å²) in [6, 6.07) is 1.95. The molecule has 0 radical (unpaired) electrons. The van der Waals surface area contributed by atoms with E-state index in [1.54, 1.807) is 12.4 Å². The van der Waals surface area contributed by atoms with Gasteiger partial charge in [0.05, 0.1) is 5.60 Å². The van der Waals surface area contributed by atoms with Crippen molar-refractivity contribution in [3.05, 3.63) is 29.6 Å². The smallest absolute Gasteiger partial charge is 0.110 e. The number of aliphatic hydroxyl groups excluding tert-OH is 1. The molecule has 1 saturated carbocycles. The van der Waals surface area contributed by atoms with E-state index in [0.29, 0.717) is 6.61 Å². The zero-order valence-electron chi connectivity index (χ0n) is 12.1. The first-order chi connectivity index (χ1) is 9.19. The molecule has 1 atom stereocenters. The van der Waals surface area contributed by atoms with E-state index in [0.717, 1.165) is 36.8 Å². The molecule has 2 rings (SSSR count). The van der Waals surface area contributed by atoms with Crippen LogP contribution in [0.25, 0.3) is 0 Å². The molecule has 1 unspecified atom stereocenters. The van der Waals surface area contributed by atoms with E-state index in [9.17, 15) is 5.11 Å². The second-order valence-electron chi connectivity index (χ2n) is 5.55. The lowest BCUT2D eigenvalue weighted by atomic mass is 9.83. The highest BCUT2D eigenvalue weighted by molar-refractivity contribution is 5.26. The maximum absolute atomic E-state index is 10.9. The van der Waals surface area contributed by atoms with Crippen molar-refractivity contribution in [2.75, 3.05) is 6.61 Å². The highest BCUT2D eigenvalue weighted by Gasteiger charge is 2.40. The third-order valence-corrected chi connectivity index (χ3v) is 4.25. The van der Waals surface area contributed by atoms with E-state index in [2.05, 4.69) is 4.98 Å². The normalized spacial score (nSPS) is 20.8. The van der Waals surface area contributed by atoms with Gasteiger partial charge in [0.1, 0.15) is 6.10 Å². The van der Waals surface area contributed by atoms with Gasteiger partial charge in [-0.05, 0) is 38.3 Å². The highest BCUT2D eigenvalue weighted by atomic mass is 16.5. The Balaban J connectivity index is 2.29. The van der Waals surface area contributed by atoms with Gasteiger partial charge in [-0.25, -0.2) is 0 Å². The van der Waals surface area contributed by atoms with Crippen molar-refractivity contribution in [2.45, 2.75) is 64.1 Å². The molecule has 1 fully saturated rings. The van der Waals surface area contributed by atoms with Crippen LogP contribution in [0.2, 0.25) is 0 Å². The second-order valence-corrected chi connectivity index (χ2v) is 5.55. The molecule has 1 aromatic heterocycles. The van der Waals surface area contributed by atoms with E-state index in [4.69, 9.17) is 4.74 Å². The summed E-state index contributed by atoms with van der Waals surface area (Å²) in [5.74, 6) is 0. The minimum atomic E-state index is -0.570. The van der Waals surface area contributed by atoms with Crippen LogP contribution in [0.4, 0.5) is 0 Å². The lowest BCUT2D eigenvalue weighted by Crippen LogP contribution is -2.39. The Morgan fingerprint density at radius 3 is 2.58 bits per heavy atom. The average Bonchev–Trinajstić information content (AvgIpc) is 2.66. The lowest BCUT2D eigenvalue weighted by Gasteiger charge is -2.37. The Morgan fingerprint density at radius 1 is 1.32 bits per heavy atom. The number of aliphatic hydroxyl groups is 1. The molecule has 0 bridgehead atoms. The van der Waals surface area contributed by atoms with Crippen molar-refractivity contribution in [1.29, 1.82) is 0 Å². The van der Waals surface area contributed by atoms with Gasteiger partial charge in [-0.3, -0.25) is 4.98 Å². The molecule has 106 valence electrons. The summed E-state index contributed by atoms with van der Waals surface area (Å²) in [6.07, 6.45) is 9.62. The van der Waals surface area contributed by atoms with Crippen LogP contribution in [0.5, 0.6) is 0 Å². The summed E-state index contributed by atoms with van der Waals surface area (Å²) < 4.78 is 6.04. The van der Waals surface area contributed by atoms with E-state index in [-0.39, 0.29) is 0 Å². The SMILES string of the molecule is CCOC1(C(O)c2cnccc2C)CCCCCC1. The molecule has 1 N–H and O–H groups in total. The molecule has 19 heavy (non-hydrogen) atoms. The van der Waals surface area contributed by atoms with Gasteiger partial charge in [0.2, 0.25) is 0 Å². The van der Waals surface area contributed by atoms with Crippen LogP contribution in [0.3, 0.4) is 0 Å². The number of nitrogens with zero attached hydrogens (tertiary/aromatic N) is 1. The monoisotopic (exact) mass is 263 g/mol. The second kappa shape index (κ2) is 6.49. The minimum absolute atomic E-state index is 0.418. The number of aryl methyl sites for hydroxylation is 1. The molecule has 1 heterocycles. The molecule has 1 aromatic rings. The Hall–Kier alpha value is -0.930. The number of hydrogen-bond acceptors (Lipinski definition) is 3. The summed E-state index contributed by atoms with van der Waals surface area (Å²) in [5, 5.41) is 10.9. The topological polar surface area (TPSA) is 42.4 Å². The lowest BCUT2D eigenvalue weighted by molar-refractivity contribution is -0.131. The number of hydrogen-bond donors (Lipinski definition) is 1. The molecule has 0 amide bonds. The van der Waals surface area contributed by atoms with Crippen LogP contribution in [0, 0.1) is 6.92 Å². The van der Waals surface area contributed by atoms with Crippen molar-refractivity contribution in [1.82, 2.24) is 4.98 Å². The van der Waals surface area contributed by atoms with Crippen LogP contribution < -0.4 is 0 Å². The quantitative estimate of drug-likeness (QED) is 0.845. The van der Waals surface area contributed by atoms with Crippen LogP contribution in [-0.4, -0.2) is 22.3 Å². The minimum Gasteiger partial charge on any atom is -0.385 e. The summed E-state index contributed by atoms with van der Waals surface area (Å²) in [4.78, 5) is 4.16. The molecule has 0 spiro atoms. The molecule has 1 aliphatic carbocycles. The summed E-state index contributed by atoms with van der Waals surface area (Å²) in [7, 11) is 0. The largest absolute Gasteiger partial charge is 0.385 e. The predicted octanol–water partition coefficient (Wildman–Crippen LogP) is 3.55. The van der Waals surface area contributed by atoms with Gasteiger partial charge >= 0.3 is 0 Å². The van der Waals surface area contributed by atoms with E-state index < -0.39 is 11.7 Å². The van der Waals surface area contributed by atoms with Gasteiger partial charge in [0, 0.05) is 24.6 Å². The fraction of sp³-hybridized carbons (Fsp3) is 0.688. The van der Waals surface area contributed by atoms with E-state index in [1.165, 1.54) is 12.8 Å². The first-order valence-corrected chi connectivity index (χ1v) is 7.42. The molecule has 0 aromatic carbocycles.